The molecule has 0 aromatic rings. The van der Waals surface area contributed by atoms with Gasteiger partial charge in [0.25, 0.3) is 0 Å². The third-order valence-corrected chi connectivity index (χ3v) is 16.0. The zero-order valence-corrected chi connectivity index (χ0v) is 36.1. The van der Waals surface area contributed by atoms with Crippen LogP contribution in [0.25, 0.3) is 0 Å². The fourth-order valence-corrected chi connectivity index (χ4v) is 12.7. The number of piperidine rings is 1. The minimum atomic E-state index is -0.274. The van der Waals surface area contributed by atoms with Crippen molar-refractivity contribution in [3.05, 3.63) is 60.8 Å². The number of unbranched alkanes of at least 4 members (excludes halogenated alkanes) is 1. The molecule has 4 aliphatic carbocycles. The predicted octanol–water partition coefficient (Wildman–Crippen LogP) is 10.8. The van der Waals surface area contributed by atoms with Crippen LogP contribution >= 0.6 is 0 Å². The van der Waals surface area contributed by atoms with E-state index in [2.05, 4.69) is 101 Å². The summed E-state index contributed by atoms with van der Waals surface area (Å²) in [7, 11) is 0. The summed E-state index contributed by atoms with van der Waals surface area (Å²) in [4.78, 5) is 28.1. The minimum Gasteiger partial charge on any atom is -0.393 e. The lowest BCUT2D eigenvalue weighted by molar-refractivity contribution is -0.210. The standard InChI is InChI=1S/C50H80N2O4/c1-6-7-8-9-10-11-12-13-14-15-16-17-18-19-20-21-22-23-46(56)52-34-30-39(31-35-52)51-45(55)27-24-38(2)41-25-26-42-47-43(29-32-49(41,42)4)50(5)33-28-40(53)36-48(50,3)37-44(47)54/h7-8,10-11,13-14,16-17,19-20,38-44,47,53-54H,6,9,12,15,18,21-37H2,1-5H3,(H,51,55)/b8-7-,11-10-,14-13-,17-16-,20-19-/t38-,40-,41?,42+,43+,44-,47+,48+,49-,50-/m1/s1. The van der Waals surface area contributed by atoms with Crippen LogP contribution in [-0.2, 0) is 9.59 Å². The molecule has 0 aromatic heterocycles. The highest BCUT2D eigenvalue weighted by Gasteiger charge is 2.65. The first-order valence-corrected chi connectivity index (χ1v) is 23.1. The Labute approximate surface area is 341 Å². The van der Waals surface area contributed by atoms with Crippen molar-refractivity contribution in [2.75, 3.05) is 13.1 Å². The predicted molar refractivity (Wildman–Crippen MR) is 232 cm³/mol. The number of rotatable bonds is 18. The highest BCUT2D eigenvalue weighted by molar-refractivity contribution is 5.77. The number of hydrogen-bond donors (Lipinski definition) is 3. The third-order valence-electron chi connectivity index (χ3n) is 16.0. The largest absolute Gasteiger partial charge is 0.393 e. The van der Waals surface area contributed by atoms with Gasteiger partial charge in [0, 0.05) is 32.0 Å². The number of amides is 2. The minimum absolute atomic E-state index is 0.0155. The van der Waals surface area contributed by atoms with Crippen molar-refractivity contribution in [3.63, 3.8) is 0 Å². The van der Waals surface area contributed by atoms with E-state index in [0.717, 1.165) is 103 Å². The van der Waals surface area contributed by atoms with E-state index >= 15 is 0 Å². The van der Waals surface area contributed by atoms with Crippen molar-refractivity contribution in [1.29, 1.82) is 0 Å². The molecule has 0 bridgehead atoms. The van der Waals surface area contributed by atoms with Crippen molar-refractivity contribution in [2.45, 2.75) is 181 Å². The molecule has 1 unspecified atom stereocenters. The van der Waals surface area contributed by atoms with Gasteiger partial charge in [0.15, 0.2) is 0 Å². The van der Waals surface area contributed by atoms with E-state index in [-0.39, 0.29) is 46.3 Å². The fraction of sp³-hybridized carbons (Fsp3) is 0.760. The zero-order valence-electron chi connectivity index (χ0n) is 36.1. The molecule has 5 rings (SSSR count). The van der Waals surface area contributed by atoms with Crippen LogP contribution in [0.1, 0.15) is 163 Å². The number of fused-ring (bicyclic) bond motifs is 5. The molecule has 5 aliphatic rings. The van der Waals surface area contributed by atoms with E-state index in [1.54, 1.807) is 0 Å². The molecule has 6 heteroatoms. The van der Waals surface area contributed by atoms with Crippen molar-refractivity contribution in [1.82, 2.24) is 10.2 Å². The number of hydrogen-bond acceptors (Lipinski definition) is 4. The number of aliphatic hydroxyl groups is 2. The van der Waals surface area contributed by atoms with Crippen molar-refractivity contribution < 1.29 is 19.8 Å². The van der Waals surface area contributed by atoms with E-state index in [1.807, 2.05) is 4.90 Å². The second-order valence-corrected chi connectivity index (χ2v) is 19.5. The molecule has 0 spiro atoms. The molecule has 56 heavy (non-hydrogen) atoms. The monoisotopic (exact) mass is 773 g/mol. The van der Waals surface area contributed by atoms with E-state index in [9.17, 15) is 19.8 Å². The number of carbonyl (C=O) groups excluding carboxylic acids is 2. The first-order chi connectivity index (χ1) is 26.9. The average Bonchev–Trinajstić information content (AvgIpc) is 3.53. The van der Waals surface area contributed by atoms with Crippen LogP contribution in [0, 0.1) is 45.8 Å². The van der Waals surface area contributed by atoms with Gasteiger partial charge >= 0.3 is 0 Å². The van der Waals surface area contributed by atoms with Gasteiger partial charge in [0.2, 0.25) is 11.8 Å². The number of aliphatic hydroxyl groups excluding tert-OH is 2. The number of nitrogens with zero attached hydrogens (tertiary/aromatic N) is 1. The Bertz CT molecular complexity index is 1410. The molecule has 1 aliphatic heterocycles. The summed E-state index contributed by atoms with van der Waals surface area (Å²) in [5.74, 6) is 2.94. The van der Waals surface area contributed by atoms with Gasteiger partial charge in [0.1, 0.15) is 0 Å². The van der Waals surface area contributed by atoms with Gasteiger partial charge < -0.3 is 20.4 Å². The Morgan fingerprint density at radius 1 is 0.750 bits per heavy atom. The van der Waals surface area contributed by atoms with Gasteiger partial charge in [-0.05, 0) is 161 Å². The molecule has 0 aromatic carbocycles. The Morgan fingerprint density at radius 3 is 2.02 bits per heavy atom. The van der Waals surface area contributed by atoms with Gasteiger partial charge in [0.05, 0.1) is 12.2 Å². The smallest absolute Gasteiger partial charge is 0.222 e. The topological polar surface area (TPSA) is 89.9 Å². The summed E-state index contributed by atoms with van der Waals surface area (Å²) in [6.45, 7) is 13.4. The average molecular weight is 773 g/mol. The number of allylic oxidation sites excluding steroid dienone is 10. The normalized spacial score (nSPS) is 35.8. The molecule has 1 saturated heterocycles. The lowest BCUT2D eigenvalue weighted by Gasteiger charge is -2.66. The summed E-state index contributed by atoms with van der Waals surface area (Å²) in [6.07, 6.45) is 40.6. The van der Waals surface area contributed by atoms with Crippen LogP contribution in [0.3, 0.4) is 0 Å². The highest BCUT2D eigenvalue weighted by atomic mass is 16.3. The SMILES string of the molecule is CC/C=C\C/C=C\C/C=C\C/C=C\C/C=C\CCCC(=O)N1CCC(NC(=O)CC[C@@H](C)C2CC[C@H]3[C@@H]4[C@H](O)C[C@]5(C)C[C@H](O)CC[C@]5(C)[C@H]4CC[C@]23C)CC1. The molecular weight excluding hydrogens is 693 g/mol. The highest BCUT2D eigenvalue weighted by Crippen LogP contribution is 2.71. The molecular formula is C50H80N2O4. The maximum atomic E-state index is 13.2. The first kappa shape index (κ1) is 44.7. The van der Waals surface area contributed by atoms with Crippen molar-refractivity contribution in [3.8, 4) is 0 Å². The van der Waals surface area contributed by atoms with Crippen LogP contribution in [0.5, 0.6) is 0 Å². The lowest BCUT2D eigenvalue weighted by atomic mass is 9.39. The van der Waals surface area contributed by atoms with Gasteiger partial charge in [-0.1, -0.05) is 95.4 Å². The summed E-state index contributed by atoms with van der Waals surface area (Å²) in [6, 6.07) is 0.160. The maximum absolute atomic E-state index is 13.2. The molecule has 5 fully saturated rings. The molecule has 2 amide bonds. The Morgan fingerprint density at radius 2 is 1.38 bits per heavy atom. The van der Waals surface area contributed by atoms with Crippen LogP contribution in [0.2, 0.25) is 0 Å². The third kappa shape index (κ3) is 11.0. The summed E-state index contributed by atoms with van der Waals surface area (Å²) >= 11 is 0. The van der Waals surface area contributed by atoms with E-state index in [0.29, 0.717) is 42.4 Å². The van der Waals surface area contributed by atoms with Crippen molar-refractivity contribution >= 4 is 11.8 Å². The lowest BCUT2D eigenvalue weighted by Crippen LogP contribution is -2.62. The van der Waals surface area contributed by atoms with Gasteiger partial charge in [-0.15, -0.1) is 0 Å². The second kappa shape index (κ2) is 21.0. The Hall–Kier alpha value is -2.44. The van der Waals surface area contributed by atoms with Crippen LogP contribution in [-0.4, -0.2) is 58.3 Å². The fourth-order valence-electron chi connectivity index (χ4n) is 12.7. The molecule has 1 heterocycles. The van der Waals surface area contributed by atoms with E-state index in [1.165, 1.54) is 25.7 Å². The van der Waals surface area contributed by atoms with E-state index in [4.69, 9.17) is 0 Å². The van der Waals surface area contributed by atoms with Crippen LogP contribution < -0.4 is 5.32 Å². The summed E-state index contributed by atoms with van der Waals surface area (Å²) in [5, 5.41) is 25.6. The first-order valence-electron chi connectivity index (χ1n) is 23.1. The number of likely N-dealkylation sites (tertiary alicyclic amines) is 1. The molecule has 10 atom stereocenters. The molecule has 4 saturated carbocycles. The summed E-state index contributed by atoms with van der Waals surface area (Å²) < 4.78 is 0. The molecule has 0 radical (unpaired) electrons. The summed E-state index contributed by atoms with van der Waals surface area (Å²) in [5.41, 5.74) is 0.437. The Kier molecular flexibility index (Phi) is 16.8. The number of carbonyl (C=O) groups is 2. The second-order valence-electron chi connectivity index (χ2n) is 19.5. The quantitative estimate of drug-likeness (QED) is 0.0956. The Balaban J connectivity index is 0.939. The van der Waals surface area contributed by atoms with Crippen LogP contribution in [0.15, 0.2) is 60.8 Å². The van der Waals surface area contributed by atoms with Gasteiger partial charge in [-0.3, -0.25) is 9.59 Å². The van der Waals surface area contributed by atoms with Gasteiger partial charge in [-0.25, -0.2) is 0 Å². The van der Waals surface area contributed by atoms with E-state index < -0.39 is 0 Å². The van der Waals surface area contributed by atoms with Crippen LogP contribution in [0.4, 0.5) is 0 Å². The zero-order chi connectivity index (χ0) is 40.2. The number of nitrogens with one attached hydrogen (secondary N) is 1. The molecule has 314 valence electrons. The molecule has 3 N–H and O–H groups in total. The van der Waals surface area contributed by atoms with Crippen molar-refractivity contribution in [2.24, 2.45) is 45.8 Å². The maximum Gasteiger partial charge on any atom is 0.222 e. The molecule has 6 nitrogen and oxygen atoms in total. The van der Waals surface area contributed by atoms with Gasteiger partial charge in [-0.2, -0.15) is 0 Å².